The zero-order chi connectivity index (χ0) is 15.5. The smallest absolute Gasteiger partial charge is 0.0140 e. The lowest BCUT2D eigenvalue weighted by atomic mass is 9.93. The second kappa shape index (κ2) is 6.63. The zero-order valence-corrected chi connectivity index (χ0v) is 14.5. The molecule has 0 spiro atoms. The SMILES string of the molecule is CC1=CC(C)=C(P(c2ccccc2)c2ccccc2)C(C)C1. The molecule has 0 saturated heterocycles. The number of benzene rings is 2. The molecular formula is C21H23P. The summed E-state index contributed by atoms with van der Waals surface area (Å²) in [5.41, 5.74) is 2.97. The molecule has 1 unspecified atom stereocenters. The fourth-order valence-corrected chi connectivity index (χ4v) is 6.19. The minimum Gasteiger partial charge on any atom is -0.0725 e. The van der Waals surface area contributed by atoms with Crippen LogP contribution >= 0.6 is 7.92 Å². The van der Waals surface area contributed by atoms with E-state index in [9.17, 15) is 0 Å². The van der Waals surface area contributed by atoms with Gasteiger partial charge in [0.2, 0.25) is 0 Å². The molecule has 0 fully saturated rings. The Kier molecular flexibility index (Phi) is 4.60. The molecular weight excluding hydrogens is 283 g/mol. The molecule has 0 heterocycles. The highest BCUT2D eigenvalue weighted by atomic mass is 31.1. The van der Waals surface area contributed by atoms with E-state index in [1.807, 2.05) is 0 Å². The van der Waals surface area contributed by atoms with Crippen LogP contribution in [-0.4, -0.2) is 0 Å². The molecule has 0 aromatic heterocycles. The van der Waals surface area contributed by atoms with E-state index in [1.54, 1.807) is 5.31 Å². The van der Waals surface area contributed by atoms with Gasteiger partial charge in [0.25, 0.3) is 0 Å². The molecule has 2 aromatic rings. The normalized spacial score (nSPS) is 18.5. The van der Waals surface area contributed by atoms with Gasteiger partial charge in [0.15, 0.2) is 0 Å². The highest BCUT2D eigenvalue weighted by Gasteiger charge is 2.26. The molecule has 22 heavy (non-hydrogen) atoms. The van der Waals surface area contributed by atoms with Gasteiger partial charge in [-0.25, -0.2) is 0 Å². The van der Waals surface area contributed by atoms with Crippen molar-refractivity contribution in [1.82, 2.24) is 0 Å². The minimum absolute atomic E-state index is 0.432. The monoisotopic (exact) mass is 306 g/mol. The van der Waals surface area contributed by atoms with Crippen LogP contribution in [-0.2, 0) is 0 Å². The number of hydrogen-bond acceptors (Lipinski definition) is 0. The predicted octanol–water partition coefficient (Wildman–Crippen LogP) is 5.38. The van der Waals surface area contributed by atoms with Gasteiger partial charge in [0, 0.05) is 0 Å². The van der Waals surface area contributed by atoms with Crippen molar-refractivity contribution in [2.45, 2.75) is 27.2 Å². The Hall–Kier alpha value is -1.65. The molecule has 1 atom stereocenters. The third-order valence-electron chi connectivity index (χ3n) is 4.23. The van der Waals surface area contributed by atoms with E-state index >= 15 is 0 Å². The van der Waals surface area contributed by atoms with Crippen LogP contribution in [0.25, 0.3) is 0 Å². The van der Waals surface area contributed by atoms with Crippen molar-refractivity contribution in [3.8, 4) is 0 Å². The van der Waals surface area contributed by atoms with E-state index in [0.29, 0.717) is 5.92 Å². The molecule has 2 aromatic carbocycles. The van der Waals surface area contributed by atoms with Crippen molar-refractivity contribution in [3.05, 3.63) is 83.2 Å². The molecule has 0 amide bonds. The summed E-state index contributed by atoms with van der Waals surface area (Å²) in [6.45, 7) is 6.93. The van der Waals surface area contributed by atoms with Crippen molar-refractivity contribution in [1.29, 1.82) is 0 Å². The van der Waals surface area contributed by atoms with Gasteiger partial charge in [-0.3, -0.25) is 0 Å². The Morgan fingerprint density at radius 3 is 1.77 bits per heavy atom. The molecule has 0 radical (unpaired) electrons. The molecule has 0 aliphatic heterocycles. The van der Waals surface area contributed by atoms with Crippen LogP contribution in [0.2, 0.25) is 0 Å². The maximum atomic E-state index is 2.39. The molecule has 0 N–H and O–H groups in total. The Labute approximate surface area is 135 Å². The largest absolute Gasteiger partial charge is 0.0725 e. The van der Waals surface area contributed by atoms with Gasteiger partial charge in [0.05, 0.1) is 0 Å². The standard InChI is InChI=1S/C21H23P/c1-16-14-17(2)21(18(3)15-16)22(19-10-6-4-7-11-19)20-12-8-5-9-13-20/h4-14,18H,15H2,1-3H3. The predicted molar refractivity (Wildman–Crippen MR) is 99.3 cm³/mol. The van der Waals surface area contributed by atoms with Crippen LogP contribution in [0.15, 0.2) is 83.2 Å². The van der Waals surface area contributed by atoms with Crippen LogP contribution in [0, 0.1) is 5.92 Å². The molecule has 3 rings (SSSR count). The summed E-state index contributed by atoms with van der Waals surface area (Å²) in [7, 11) is -0.432. The first-order valence-electron chi connectivity index (χ1n) is 7.95. The van der Waals surface area contributed by atoms with Gasteiger partial charge in [-0.1, -0.05) is 79.2 Å². The van der Waals surface area contributed by atoms with Crippen molar-refractivity contribution in [2.75, 3.05) is 0 Å². The Morgan fingerprint density at radius 2 is 1.32 bits per heavy atom. The average molecular weight is 306 g/mol. The van der Waals surface area contributed by atoms with Gasteiger partial charge in [0.1, 0.15) is 0 Å². The van der Waals surface area contributed by atoms with Crippen molar-refractivity contribution < 1.29 is 0 Å². The van der Waals surface area contributed by atoms with Crippen LogP contribution in [0.1, 0.15) is 27.2 Å². The first kappa shape index (κ1) is 15.3. The van der Waals surface area contributed by atoms with Crippen LogP contribution in [0.5, 0.6) is 0 Å². The van der Waals surface area contributed by atoms with E-state index in [1.165, 1.54) is 28.2 Å². The van der Waals surface area contributed by atoms with Crippen LogP contribution in [0.3, 0.4) is 0 Å². The first-order valence-corrected chi connectivity index (χ1v) is 9.29. The summed E-state index contributed by atoms with van der Waals surface area (Å²) in [6, 6.07) is 22.0. The van der Waals surface area contributed by atoms with E-state index in [-0.39, 0.29) is 0 Å². The summed E-state index contributed by atoms with van der Waals surface area (Å²) < 4.78 is 0. The maximum absolute atomic E-state index is 2.39. The zero-order valence-electron chi connectivity index (χ0n) is 13.6. The summed E-state index contributed by atoms with van der Waals surface area (Å²) in [5, 5.41) is 4.55. The van der Waals surface area contributed by atoms with Crippen LogP contribution < -0.4 is 10.6 Å². The van der Waals surface area contributed by atoms with E-state index in [2.05, 4.69) is 87.5 Å². The molecule has 1 aliphatic carbocycles. The average Bonchev–Trinajstić information content (AvgIpc) is 2.52. The molecule has 0 bridgehead atoms. The van der Waals surface area contributed by atoms with Gasteiger partial charge in [-0.05, 0) is 55.6 Å². The highest BCUT2D eigenvalue weighted by Crippen LogP contribution is 2.51. The molecule has 1 heteroatoms. The second-order valence-electron chi connectivity index (χ2n) is 6.17. The van der Waals surface area contributed by atoms with Gasteiger partial charge < -0.3 is 0 Å². The second-order valence-corrected chi connectivity index (χ2v) is 8.36. The fraction of sp³-hybridized carbons (Fsp3) is 0.238. The van der Waals surface area contributed by atoms with E-state index in [0.717, 1.165) is 0 Å². The quantitative estimate of drug-likeness (QED) is 0.668. The molecule has 112 valence electrons. The number of hydrogen-bond donors (Lipinski definition) is 0. The van der Waals surface area contributed by atoms with Gasteiger partial charge >= 0.3 is 0 Å². The van der Waals surface area contributed by atoms with Crippen molar-refractivity contribution in [3.63, 3.8) is 0 Å². The lowest BCUT2D eigenvalue weighted by Crippen LogP contribution is -2.18. The lowest BCUT2D eigenvalue weighted by Gasteiger charge is -2.31. The summed E-state index contributed by atoms with van der Waals surface area (Å²) in [5.74, 6) is 0.622. The third-order valence-corrected chi connectivity index (χ3v) is 7.14. The third kappa shape index (κ3) is 3.08. The summed E-state index contributed by atoms with van der Waals surface area (Å²) in [4.78, 5) is 0. The maximum Gasteiger partial charge on any atom is -0.0140 e. The topological polar surface area (TPSA) is 0 Å². The summed E-state index contributed by atoms with van der Waals surface area (Å²) in [6.07, 6.45) is 3.57. The van der Waals surface area contributed by atoms with Crippen molar-refractivity contribution >= 4 is 18.5 Å². The Bertz CT molecular complexity index is 656. The van der Waals surface area contributed by atoms with Gasteiger partial charge in [-0.2, -0.15) is 0 Å². The lowest BCUT2D eigenvalue weighted by molar-refractivity contribution is 0.686. The Morgan fingerprint density at radius 1 is 0.818 bits per heavy atom. The molecule has 0 nitrogen and oxygen atoms in total. The highest BCUT2D eigenvalue weighted by molar-refractivity contribution is 7.76. The van der Waals surface area contributed by atoms with Gasteiger partial charge in [-0.15, -0.1) is 0 Å². The van der Waals surface area contributed by atoms with Crippen molar-refractivity contribution in [2.24, 2.45) is 5.92 Å². The van der Waals surface area contributed by atoms with E-state index < -0.39 is 7.92 Å². The van der Waals surface area contributed by atoms with Crippen LogP contribution in [0.4, 0.5) is 0 Å². The Balaban J connectivity index is 2.17. The summed E-state index contributed by atoms with van der Waals surface area (Å²) >= 11 is 0. The van der Waals surface area contributed by atoms with E-state index in [4.69, 9.17) is 0 Å². The molecule has 0 saturated carbocycles. The first-order chi connectivity index (χ1) is 10.7. The minimum atomic E-state index is -0.432. The number of rotatable bonds is 3. The molecule has 1 aliphatic rings. The number of allylic oxidation sites excluding steroid dienone is 4. The fourth-order valence-electron chi connectivity index (χ4n) is 3.45.